The summed E-state index contributed by atoms with van der Waals surface area (Å²) in [7, 11) is 0. The fraction of sp³-hybridized carbons (Fsp3) is 0.273. The number of aromatic amines is 1. The number of rotatable bonds is 3. The molecule has 0 aliphatic carbocycles. The predicted octanol–water partition coefficient (Wildman–Crippen LogP) is 3.47. The summed E-state index contributed by atoms with van der Waals surface area (Å²) in [5.41, 5.74) is 2.36. The number of fused-ring (bicyclic) bond motifs is 1. The zero-order valence-electron chi connectivity index (χ0n) is 8.01. The molecule has 3 heteroatoms. The summed E-state index contributed by atoms with van der Waals surface area (Å²) in [4.78, 5) is 3.23. The molecule has 0 bridgehead atoms. The zero-order chi connectivity index (χ0) is 9.97. The van der Waals surface area contributed by atoms with Crippen molar-refractivity contribution in [2.75, 3.05) is 6.61 Å². The summed E-state index contributed by atoms with van der Waals surface area (Å²) in [6.45, 7) is 3.44. The van der Waals surface area contributed by atoms with Gasteiger partial charge in [-0.05, 0) is 19.1 Å². The third kappa shape index (κ3) is 1.83. The second-order valence-corrected chi connectivity index (χ2v) is 4.06. The van der Waals surface area contributed by atoms with Crippen LogP contribution in [0.1, 0.15) is 12.5 Å². The minimum atomic E-state index is 0.679. The van der Waals surface area contributed by atoms with Gasteiger partial charge >= 0.3 is 0 Å². The minimum Gasteiger partial charge on any atom is -0.377 e. The number of H-pyrrole nitrogens is 1. The molecular weight excluding hydrogens is 242 g/mol. The highest BCUT2D eigenvalue weighted by atomic mass is 79.9. The van der Waals surface area contributed by atoms with Crippen LogP contribution in [0.4, 0.5) is 0 Å². The summed E-state index contributed by atoms with van der Waals surface area (Å²) in [5.74, 6) is 0. The highest BCUT2D eigenvalue weighted by molar-refractivity contribution is 9.10. The Morgan fingerprint density at radius 3 is 3.07 bits per heavy atom. The van der Waals surface area contributed by atoms with Crippen LogP contribution in [0.2, 0.25) is 0 Å². The minimum absolute atomic E-state index is 0.679. The maximum Gasteiger partial charge on any atom is 0.0737 e. The molecule has 1 heterocycles. The Balaban J connectivity index is 2.37. The first kappa shape index (κ1) is 9.74. The van der Waals surface area contributed by atoms with E-state index in [0.29, 0.717) is 6.61 Å². The number of nitrogens with one attached hydrogen (secondary N) is 1. The van der Waals surface area contributed by atoms with Crippen molar-refractivity contribution < 1.29 is 4.74 Å². The van der Waals surface area contributed by atoms with E-state index in [1.807, 2.05) is 19.2 Å². The van der Waals surface area contributed by atoms with Gasteiger partial charge in [-0.15, -0.1) is 0 Å². The standard InChI is InChI=1S/C11H12BrNO/c1-2-14-7-8-6-13-11-5-9(12)3-4-10(8)11/h3-6,13H,2,7H2,1H3. The fourth-order valence-electron chi connectivity index (χ4n) is 1.49. The van der Waals surface area contributed by atoms with E-state index in [1.165, 1.54) is 10.9 Å². The second kappa shape index (κ2) is 4.15. The molecule has 1 N–H and O–H groups in total. The number of ether oxygens (including phenoxy) is 1. The van der Waals surface area contributed by atoms with Gasteiger partial charge in [0.2, 0.25) is 0 Å². The lowest BCUT2D eigenvalue weighted by atomic mass is 10.2. The van der Waals surface area contributed by atoms with E-state index in [-0.39, 0.29) is 0 Å². The Morgan fingerprint density at radius 2 is 2.29 bits per heavy atom. The molecule has 0 aliphatic heterocycles. The number of hydrogen-bond acceptors (Lipinski definition) is 1. The lowest BCUT2D eigenvalue weighted by molar-refractivity contribution is 0.135. The quantitative estimate of drug-likeness (QED) is 0.891. The highest BCUT2D eigenvalue weighted by Crippen LogP contribution is 2.22. The molecule has 0 saturated heterocycles. The molecular formula is C11H12BrNO. The smallest absolute Gasteiger partial charge is 0.0737 e. The maximum absolute atomic E-state index is 5.38. The van der Waals surface area contributed by atoms with E-state index >= 15 is 0 Å². The Kier molecular flexibility index (Phi) is 2.89. The molecule has 0 saturated carbocycles. The molecule has 14 heavy (non-hydrogen) atoms. The van der Waals surface area contributed by atoms with Crippen LogP contribution in [0.25, 0.3) is 10.9 Å². The molecule has 0 fully saturated rings. The van der Waals surface area contributed by atoms with Gasteiger partial charge in [0.05, 0.1) is 6.61 Å². The van der Waals surface area contributed by atoms with Gasteiger partial charge in [0.1, 0.15) is 0 Å². The van der Waals surface area contributed by atoms with Crippen LogP contribution < -0.4 is 0 Å². The summed E-state index contributed by atoms with van der Waals surface area (Å²) >= 11 is 3.44. The van der Waals surface area contributed by atoms with Crippen LogP contribution in [0.15, 0.2) is 28.9 Å². The van der Waals surface area contributed by atoms with Gasteiger partial charge in [-0.25, -0.2) is 0 Å². The Bertz CT molecular complexity index is 436. The van der Waals surface area contributed by atoms with Gasteiger partial charge in [0, 0.05) is 33.7 Å². The number of hydrogen-bond donors (Lipinski definition) is 1. The SMILES string of the molecule is CCOCc1c[nH]c2cc(Br)ccc12. The maximum atomic E-state index is 5.38. The van der Waals surface area contributed by atoms with Crippen LogP contribution in [-0.2, 0) is 11.3 Å². The first-order valence-corrected chi connectivity index (χ1v) is 5.44. The second-order valence-electron chi connectivity index (χ2n) is 3.14. The molecule has 0 radical (unpaired) electrons. The van der Waals surface area contributed by atoms with Crippen molar-refractivity contribution in [2.45, 2.75) is 13.5 Å². The molecule has 0 unspecified atom stereocenters. The fourth-order valence-corrected chi connectivity index (χ4v) is 1.85. The summed E-state index contributed by atoms with van der Waals surface area (Å²) in [6.07, 6.45) is 2.01. The summed E-state index contributed by atoms with van der Waals surface area (Å²) in [6, 6.07) is 6.22. The average Bonchev–Trinajstić information content (AvgIpc) is 2.57. The van der Waals surface area contributed by atoms with E-state index in [0.717, 1.165) is 16.6 Å². The molecule has 0 atom stereocenters. The molecule has 0 spiro atoms. The van der Waals surface area contributed by atoms with Crippen molar-refractivity contribution in [1.29, 1.82) is 0 Å². The molecule has 2 aromatic rings. The largest absolute Gasteiger partial charge is 0.377 e. The summed E-state index contributed by atoms with van der Waals surface area (Å²) in [5, 5.41) is 1.24. The Labute approximate surface area is 91.4 Å². The van der Waals surface area contributed by atoms with Crippen LogP contribution >= 0.6 is 15.9 Å². The number of halogens is 1. The van der Waals surface area contributed by atoms with E-state index in [4.69, 9.17) is 4.74 Å². The van der Waals surface area contributed by atoms with Crippen LogP contribution in [0, 0.1) is 0 Å². The van der Waals surface area contributed by atoms with Crippen LogP contribution in [0.5, 0.6) is 0 Å². The first-order chi connectivity index (χ1) is 6.81. The third-order valence-electron chi connectivity index (χ3n) is 2.19. The Morgan fingerprint density at radius 1 is 1.43 bits per heavy atom. The monoisotopic (exact) mass is 253 g/mol. The van der Waals surface area contributed by atoms with Gasteiger partial charge in [0.25, 0.3) is 0 Å². The van der Waals surface area contributed by atoms with Gasteiger partial charge in [-0.2, -0.15) is 0 Å². The highest BCUT2D eigenvalue weighted by Gasteiger charge is 2.03. The third-order valence-corrected chi connectivity index (χ3v) is 2.68. The van der Waals surface area contributed by atoms with Crippen molar-refractivity contribution >= 4 is 26.8 Å². The predicted molar refractivity (Wildman–Crippen MR) is 61.3 cm³/mol. The van der Waals surface area contributed by atoms with Gasteiger partial charge < -0.3 is 9.72 Å². The van der Waals surface area contributed by atoms with Gasteiger partial charge in [0.15, 0.2) is 0 Å². The van der Waals surface area contributed by atoms with Crippen molar-refractivity contribution in [1.82, 2.24) is 4.98 Å². The van der Waals surface area contributed by atoms with Crippen molar-refractivity contribution in [3.8, 4) is 0 Å². The average molecular weight is 254 g/mol. The molecule has 2 rings (SSSR count). The Hall–Kier alpha value is -0.800. The lowest BCUT2D eigenvalue weighted by Gasteiger charge is -1.99. The van der Waals surface area contributed by atoms with Crippen molar-refractivity contribution in [3.63, 3.8) is 0 Å². The lowest BCUT2D eigenvalue weighted by Crippen LogP contribution is -1.89. The van der Waals surface area contributed by atoms with E-state index in [9.17, 15) is 0 Å². The molecule has 74 valence electrons. The first-order valence-electron chi connectivity index (χ1n) is 4.64. The van der Waals surface area contributed by atoms with Crippen molar-refractivity contribution in [3.05, 3.63) is 34.4 Å². The van der Waals surface area contributed by atoms with E-state index < -0.39 is 0 Å². The topological polar surface area (TPSA) is 25.0 Å². The van der Waals surface area contributed by atoms with E-state index in [1.54, 1.807) is 0 Å². The van der Waals surface area contributed by atoms with Gasteiger partial charge in [-0.3, -0.25) is 0 Å². The zero-order valence-corrected chi connectivity index (χ0v) is 9.60. The van der Waals surface area contributed by atoms with Crippen LogP contribution in [0.3, 0.4) is 0 Å². The van der Waals surface area contributed by atoms with Crippen LogP contribution in [-0.4, -0.2) is 11.6 Å². The van der Waals surface area contributed by atoms with Gasteiger partial charge in [-0.1, -0.05) is 22.0 Å². The molecule has 0 amide bonds. The van der Waals surface area contributed by atoms with Crippen molar-refractivity contribution in [2.24, 2.45) is 0 Å². The molecule has 1 aromatic carbocycles. The van der Waals surface area contributed by atoms with E-state index in [2.05, 4.69) is 33.0 Å². The summed E-state index contributed by atoms with van der Waals surface area (Å²) < 4.78 is 6.48. The molecule has 1 aromatic heterocycles. The number of benzene rings is 1. The molecule has 0 aliphatic rings. The molecule has 2 nitrogen and oxygen atoms in total. The number of aromatic nitrogens is 1. The normalized spacial score (nSPS) is 11.0.